The predicted octanol–water partition coefficient (Wildman–Crippen LogP) is 0.368. The van der Waals surface area contributed by atoms with Crippen molar-refractivity contribution in [2.45, 2.75) is 13.0 Å². The molecule has 0 aromatic carbocycles. The van der Waals surface area contributed by atoms with E-state index in [-0.39, 0.29) is 12.0 Å². The highest BCUT2D eigenvalue weighted by Gasteiger charge is 2.06. The zero-order chi connectivity index (χ0) is 12.0. The lowest BCUT2D eigenvalue weighted by atomic mass is 10.4. The second-order valence-electron chi connectivity index (χ2n) is 3.54. The standard InChI is InChI=1S/C10H16ClN3O2/c1-7(15)5-12-2-3-13-10(16)9-4-8(11)6-14-9/h4,6-7,12,14-15H,2-3,5H2,1H3,(H,13,16). The molecule has 1 atom stereocenters. The van der Waals surface area contributed by atoms with E-state index in [4.69, 9.17) is 16.7 Å². The highest BCUT2D eigenvalue weighted by molar-refractivity contribution is 6.30. The van der Waals surface area contributed by atoms with Crippen LogP contribution in [0.5, 0.6) is 0 Å². The fraction of sp³-hybridized carbons (Fsp3) is 0.500. The van der Waals surface area contributed by atoms with E-state index in [1.807, 2.05) is 0 Å². The van der Waals surface area contributed by atoms with Crippen LogP contribution in [0, 0.1) is 0 Å². The maximum atomic E-state index is 11.5. The van der Waals surface area contributed by atoms with Crippen molar-refractivity contribution in [1.82, 2.24) is 15.6 Å². The van der Waals surface area contributed by atoms with Gasteiger partial charge in [0.2, 0.25) is 0 Å². The lowest BCUT2D eigenvalue weighted by Crippen LogP contribution is -2.34. The molecule has 1 unspecified atom stereocenters. The summed E-state index contributed by atoms with van der Waals surface area (Å²) in [6.07, 6.45) is 1.18. The summed E-state index contributed by atoms with van der Waals surface area (Å²) in [4.78, 5) is 14.2. The monoisotopic (exact) mass is 245 g/mol. The highest BCUT2D eigenvalue weighted by atomic mass is 35.5. The first-order valence-corrected chi connectivity index (χ1v) is 5.48. The summed E-state index contributed by atoms with van der Waals surface area (Å²) >= 11 is 5.67. The summed E-state index contributed by atoms with van der Waals surface area (Å²) in [5.41, 5.74) is 0.445. The predicted molar refractivity (Wildman–Crippen MR) is 62.7 cm³/mol. The topological polar surface area (TPSA) is 77.2 Å². The van der Waals surface area contributed by atoms with Gasteiger partial charge in [-0.2, -0.15) is 0 Å². The van der Waals surface area contributed by atoms with E-state index in [0.29, 0.717) is 30.4 Å². The summed E-state index contributed by atoms with van der Waals surface area (Å²) < 4.78 is 0. The number of nitrogens with one attached hydrogen (secondary N) is 3. The van der Waals surface area contributed by atoms with Crippen LogP contribution in [0.3, 0.4) is 0 Å². The molecule has 1 aromatic heterocycles. The fourth-order valence-corrected chi connectivity index (χ4v) is 1.33. The first kappa shape index (κ1) is 13.0. The van der Waals surface area contributed by atoms with Crippen molar-refractivity contribution in [3.8, 4) is 0 Å². The molecule has 90 valence electrons. The Balaban J connectivity index is 2.16. The quantitative estimate of drug-likeness (QED) is 0.547. The Morgan fingerprint density at radius 2 is 2.38 bits per heavy atom. The SMILES string of the molecule is CC(O)CNCCNC(=O)c1cc(Cl)c[nH]1. The van der Waals surface area contributed by atoms with Crippen LogP contribution in [0.15, 0.2) is 12.3 Å². The number of aliphatic hydroxyl groups excluding tert-OH is 1. The molecule has 0 aliphatic heterocycles. The molecule has 4 N–H and O–H groups in total. The van der Waals surface area contributed by atoms with Crippen LogP contribution in [0.2, 0.25) is 5.02 Å². The Hall–Kier alpha value is -1.04. The molecule has 16 heavy (non-hydrogen) atoms. The van der Waals surface area contributed by atoms with Gasteiger partial charge in [-0.05, 0) is 13.0 Å². The van der Waals surface area contributed by atoms with Crippen molar-refractivity contribution in [3.05, 3.63) is 23.0 Å². The number of hydrogen-bond acceptors (Lipinski definition) is 3. The van der Waals surface area contributed by atoms with Gasteiger partial charge >= 0.3 is 0 Å². The third kappa shape index (κ3) is 4.65. The molecule has 0 fully saturated rings. The van der Waals surface area contributed by atoms with Gasteiger partial charge in [-0.1, -0.05) is 11.6 Å². The van der Waals surface area contributed by atoms with Gasteiger partial charge in [0, 0.05) is 25.8 Å². The number of amides is 1. The molecule has 0 saturated heterocycles. The van der Waals surface area contributed by atoms with Crippen molar-refractivity contribution < 1.29 is 9.90 Å². The Labute approximate surface area is 99.2 Å². The van der Waals surface area contributed by atoms with E-state index in [2.05, 4.69) is 15.6 Å². The van der Waals surface area contributed by atoms with Crippen molar-refractivity contribution in [2.75, 3.05) is 19.6 Å². The lowest BCUT2D eigenvalue weighted by Gasteiger charge is -2.07. The van der Waals surface area contributed by atoms with Crippen LogP contribution in [-0.2, 0) is 0 Å². The van der Waals surface area contributed by atoms with Crippen LogP contribution in [0.4, 0.5) is 0 Å². The summed E-state index contributed by atoms with van der Waals surface area (Å²) in [6, 6.07) is 1.57. The number of hydrogen-bond donors (Lipinski definition) is 4. The maximum Gasteiger partial charge on any atom is 0.267 e. The Bertz CT molecular complexity index is 339. The molecule has 1 amide bonds. The Kier molecular flexibility index (Phi) is 5.31. The number of aromatic nitrogens is 1. The normalized spacial score (nSPS) is 12.4. The van der Waals surface area contributed by atoms with Crippen molar-refractivity contribution in [3.63, 3.8) is 0 Å². The van der Waals surface area contributed by atoms with E-state index < -0.39 is 0 Å². The Morgan fingerprint density at radius 1 is 1.62 bits per heavy atom. The highest BCUT2D eigenvalue weighted by Crippen LogP contribution is 2.08. The van der Waals surface area contributed by atoms with Crippen LogP contribution in [0.25, 0.3) is 0 Å². The van der Waals surface area contributed by atoms with E-state index in [1.165, 1.54) is 0 Å². The zero-order valence-corrected chi connectivity index (χ0v) is 9.84. The maximum absolute atomic E-state index is 11.5. The third-order valence-corrected chi connectivity index (χ3v) is 2.14. The van der Waals surface area contributed by atoms with Crippen LogP contribution >= 0.6 is 11.6 Å². The minimum atomic E-state index is -0.377. The summed E-state index contributed by atoms with van der Waals surface area (Å²) in [5.74, 6) is -0.189. The number of carbonyl (C=O) groups is 1. The zero-order valence-electron chi connectivity index (χ0n) is 9.09. The number of aromatic amines is 1. The molecule has 0 bridgehead atoms. The summed E-state index contributed by atoms with van der Waals surface area (Å²) in [6.45, 7) is 3.34. The Morgan fingerprint density at radius 3 is 2.94 bits per heavy atom. The van der Waals surface area contributed by atoms with Gasteiger partial charge in [0.15, 0.2) is 0 Å². The number of halogens is 1. The van der Waals surface area contributed by atoms with Crippen molar-refractivity contribution in [2.24, 2.45) is 0 Å². The average molecular weight is 246 g/mol. The van der Waals surface area contributed by atoms with Gasteiger partial charge in [-0.3, -0.25) is 4.79 Å². The fourth-order valence-electron chi connectivity index (χ4n) is 1.17. The van der Waals surface area contributed by atoms with Gasteiger partial charge in [-0.15, -0.1) is 0 Å². The van der Waals surface area contributed by atoms with Gasteiger partial charge in [-0.25, -0.2) is 0 Å². The van der Waals surface area contributed by atoms with Gasteiger partial charge in [0.1, 0.15) is 5.69 Å². The van der Waals surface area contributed by atoms with E-state index >= 15 is 0 Å². The first-order chi connectivity index (χ1) is 7.59. The van der Waals surface area contributed by atoms with E-state index in [1.54, 1.807) is 19.2 Å². The number of aliphatic hydroxyl groups is 1. The van der Waals surface area contributed by atoms with E-state index in [9.17, 15) is 4.79 Å². The smallest absolute Gasteiger partial charge is 0.267 e. The van der Waals surface area contributed by atoms with Crippen LogP contribution in [0.1, 0.15) is 17.4 Å². The molecule has 6 heteroatoms. The second kappa shape index (κ2) is 6.52. The van der Waals surface area contributed by atoms with Crippen molar-refractivity contribution >= 4 is 17.5 Å². The van der Waals surface area contributed by atoms with Crippen molar-refractivity contribution in [1.29, 1.82) is 0 Å². The molecular weight excluding hydrogens is 230 g/mol. The van der Waals surface area contributed by atoms with Crippen LogP contribution in [-0.4, -0.2) is 41.7 Å². The lowest BCUT2D eigenvalue weighted by molar-refractivity contribution is 0.0949. The molecule has 0 aliphatic rings. The number of carbonyl (C=O) groups excluding carboxylic acids is 1. The molecule has 1 heterocycles. The van der Waals surface area contributed by atoms with Gasteiger partial charge in [0.05, 0.1) is 11.1 Å². The van der Waals surface area contributed by atoms with Crippen LogP contribution < -0.4 is 10.6 Å². The second-order valence-corrected chi connectivity index (χ2v) is 3.98. The molecular formula is C10H16ClN3O2. The average Bonchev–Trinajstić information content (AvgIpc) is 2.63. The van der Waals surface area contributed by atoms with Gasteiger partial charge < -0.3 is 20.7 Å². The molecule has 0 saturated carbocycles. The summed E-state index contributed by atoms with van der Waals surface area (Å²) in [5, 5.41) is 15.2. The third-order valence-electron chi connectivity index (χ3n) is 1.92. The molecule has 1 rings (SSSR count). The molecule has 0 radical (unpaired) electrons. The minimum absolute atomic E-state index is 0.189. The summed E-state index contributed by atoms with van der Waals surface area (Å²) in [7, 11) is 0. The van der Waals surface area contributed by atoms with E-state index in [0.717, 1.165) is 0 Å². The molecule has 0 spiro atoms. The largest absolute Gasteiger partial charge is 0.392 e. The molecule has 5 nitrogen and oxygen atoms in total. The number of rotatable bonds is 6. The minimum Gasteiger partial charge on any atom is -0.392 e. The first-order valence-electron chi connectivity index (χ1n) is 5.10. The molecule has 1 aromatic rings. The van der Waals surface area contributed by atoms with Gasteiger partial charge in [0.25, 0.3) is 5.91 Å². The number of H-pyrrole nitrogens is 1. The molecule has 0 aliphatic carbocycles.